The summed E-state index contributed by atoms with van der Waals surface area (Å²) < 4.78 is 39.3. The van der Waals surface area contributed by atoms with Crippen molar-refractivity contribution in [3.63, 3.8) is 0 Å². The fourth-order valence-electron chi connectivity index (χ4n) is 1.57. The minimum Gasteiger partial charge on any atom is -0.357 e. The zero-order valence-electron chi connectivity index (χ0n) is 11.2. The van der Waals surface area contributed by atoms with Crippen molar-refractivity contribution in [1.29, 1.82) is 0 Å². The molecule has 1 heterocycles. The first-order valence-electron chi connectivity index (χ1n) is 6.00. The van der Waals surface area contributed by atoms with Crippen LogP contribution in [0, 0.1) is 0 Å². The Morgan fingerprint density at radius 3 is 2.37 bits per heavy atom. The Labute approximate surface area is 109 Å². The van der Waals surface area contributed by atoms with Gasteiger partial charge in [-0.25, -0.2) is 4.99 Å². The lowest BCUT2D eigenvalue weighted by molar-refractivity contribution is -0.142. The molecule has 1 aromatic rings. The molecule has 0 aliphatic rings. The Morgan fingerprint density at radius 2 is 1.89 bits per heavy atom. The molecule has 0 atom stereocenters. The molecule has 0 aliphatic carbocycles. The molecule has 5 nitrogen and oxygen atoms in total. The molecule has 0 aromatic carbocycles. The van der Waals surface area contributed by atoms with Crippen LogP contribution < -0.4 is 10.6 Å². The molecule has 0 aliphatic heterocycles. The van der Waals surface area contributed by atoms with E-state index in [-0.39, 0.29) is 12.1 Å². The lowest BCUT2D eigenvalue weighted by Gasteiger charge is -2.09. The van der Waals surface area contributed by atoms with Crippen molar-refractivity contribution in [2.45, 2.75) is 26.6 Å². The number of aryl methyl sites for hydroxylation is 1. The third-order valence-corrected chi connectivity index (χ3v) is 2.27. The molecule has 0 saturated heterocycles. The molecule has 0 spiro atoms. The standard InChI is InChI=1S/C11H18F3N5/c1-4-15-10(16-5-2)17-6-8-7-19(3)18-9(8)11(12,13)14/h7H,4-6H2,1-3H3,(H2,15,16,17). The van der Waals surface area contributed by atoms with E-state index in [4.69, 9.17) is 0 Å². The highest BCUT2D eigenvalue weighted by atomic mass is 19.4. The zero-order chi connectivity index (χ0) is 14.5. The normalized spacial score (nSPS) is 11.3. The quantitative estimate of drug-likeness (QED) is 0.648. The van der Waals surface area contributed by atoms with Crippen LogP contribution in [-0.4, -0.2) is 28.8 Å². The lowest BCUT2D eigenvalue weighted by atomic mass is 10.2. The molecule has 0 saturated carbocycles. The second kappa shape index (κ2) is 6.44. The van der Waals surface area contributed by atoms with Gasteiger partial charge in [0.05, 0.1) is 6.54 Å². The highest BCUT2D eigenvalue weighted by Gasteiger charge is 2.36. The molecule has 0 fully saturated rings. The number of aromatic nitrogens is 2. The zero-order valence-corrected chi connectivity index (χ0v) is 11.2. The van der Waals surface area contributed by atoms with E-state index in [2.05, 4.69) is 20.7 Å². The summed E-state index contributed by atoms with van der Waals surface area (Å²) >= 11 is 0. The fourth-order valence-corrected chi connectivity index (χ4v) is 1.57. The van der Waals surface area contributed by atoms with Crippen LogP contribution in [0.5, 0.6) is 0 Å². The third-order valence-electron chi connectivity index (χ3n) is 2.27. The highest BCUT2D eigenvalue weighted by molar-refractivity contribution is 5.79. The van der Waals surface area contributed by atoms with Crippen LogP contribution in [0.1, 0.15) is 25.1 Å². The second-order valence-electron chi connectivity index (χ2n) is 3.90. The van der Waals surface area contributed by atoms with Gasteiger partial charge in [-0.2, -0.15) is 18.3 Å². The number of aliphatic imine (C=N–C) groups is 1. The molecule has 0 radical (unpaired) electrons. The Balaban J connectivity index is 2.89. The van der Waals surface area contributed by atoms with E-state index < -0.39 is 11.9 Å². The van der Waals surface area contributed by atoms with Crippen LogP contribution >= 0.6 is 0 Å². The van der Waals surface area contributed by atoms with Crippen LogP contribution in [0.15, 0.2) is 11.2 Å². The van der Waals surface area contributed by atoms with E-state index in [1.165, 1.54) is 13.2 Å². The van der Waals surface area contributed by atoms with E-state index >= 15 is 0 Å². The monoisotopic (exact) mass is 277 g/mol. The largest absolute Gasteiger partial charge is 0.435 e. The molecule has 1 aromatic heterocycles. The van der Waals surface area contributed by atoms with E-state index in [1.54, 1.807) is 0 Å². The van der Waals surface area contributed by atoms with E-state index in [0.717, 1.165) is 4.68 Å². The number of hydrogen-bond donors (Lipinski definition) is 2. The van der Waals surface area contributed by atoms with Gasteiger partial charge in [-0.1, -0.05) is 0 Å². The van der Waals surface area contributed by atoms with Crippen molar-refractivity contribution < 1.29 is 13.2 Å². The van der Waals surface area contributed by atoms with E-state index in [0.29, 0.717) is 19.0 Å². The number of guanidine groups is 1. The first-order valence-corrected chi connectivity index (χ1v) is 6.00. The molecule has 108 valence electrons. The SMILES string of the molecule is CCNC(=NCc1cn(C)nc1C(F)(F)F)NCC. The van der Waals surface area contributed by atoms with Crippen LogP contribution in [0.4, 0.5) is 13.2 Å². The summed E-state index contributed by atoms with van der Waals surface area (Å²) in [6.07, 6.45) is -3.12. The minimum absolute atomic E-state index is 0.0586. The van der Waals surface area contributed by atoms with Crippen molar-refractivity contribution >= 4 is 5.96 Å². The van der Waals surface area contributed by atoms with E-state index in [9.17, 15) is 13.2 Å². The summed E-state index contributed by atoms with van der Waals surface area (Å²) in [6.45, 7) is 4.99. The predicted molar refractivity (Wildman–Crippen MR) is 66.7 cm³/mol. The molecule has 0 unspecified atom stereocenters. The van der Waals surface area contributed by atoms with Crippen molar-refractivity contribution in [3.05, 3.63) is 17.5 Å². The Hall–Kier alpha value is -1.73. The number of nitrogens with one attached hydrogen (secondary N) is 2. The summed E-state index contributed by atoms with van der Waals surface area (Å²) in [6, 6.07) is 0. The van der Waals surface area contributed by atoms with Gasteiger partial charge < -0.3 is 10.6 Å². The summed E-state index contributed by atoms with van der Waals surface area (Å²) in [4.78, 5) is 4.10. The molecular weight excluding hydrogens is 259 g/mol. The van der Waals surface area contributed by atoms with Crippen molar-refractivity contribution in [3.8, 4) is 0 Å². The second-order valence-corrected chi connectivity index (χ2v) is 3.90. The number of halogens is 3. The topological polar surface area (TPSA) is 54.2 Å². The predicted octanol–water partition coefficient (Wildman–Crippen LogP) is 1.51. The van der Waals surface area contributed by atoms with Gasteiger partial charge in [0.1, 0.15) is 0 Å². The van der Waals surface area contributed by atoms with Gasteiger partial charge in [0.2, 0.25) is 0 Å². The maximum Gasteiger partial charge on any atom is 0.435 e. The van der Waals surface area contributed by atoms with Gasteiger partial charge in [-0.3, -0.25) is 4.68 Å². The summed E-state index contributed by atoms with van der Waals surface area (Å²) in [5, 5.41) is 9.33. The molecule has 8 heteroatoms. The summed E-state index contributed by atoms with van der Waals surface area (Å²) in [5.41, 5.74) is -0.825. The summed E-state index contributed by atoms with van der Waals surface area (Å²) in [7, 11) is 1.46. The van der Waals surface area contributed by atoms with Crippen LogP contribution in [-0.2, 0) is 19.8 Å². The van der Waals surface area contributed by atoms with Crippen LogP contribution in [0.2, 0.25) is 0 Å². The maximum absolute atomic E-state index is 12.7. The number of hydrogen-bond acceptors (Lipinski definition) is 2. The van der Waals surface area contributed by atoms with Gasteiger partial charge in [0, 0.05) is 31.9 Å². The molecule has 0 bridgehead atoms. The number of nitrogens with zero attached hydrogens (tertiary/aromatic N) is 3. The smallest absolute Gasteiger partial charge is 0.357 e. The third kappa shape index (κ3) is 4.46. The molecule has 19 heavy (non-hydrogen) atoms. The Kier molecular flexibility index (Phi) is 5.20. The van der Waals surface area contributed by atoms with Crippen LogP contribution in [0.25, 0.3) is 0 Å². The first kappa shape index (κ1) is 15.3. The maximum atomic E-state index is 12.7. The molecule has 2 N–H and O–H groups in total. The van der Waals surface area contributed by atoms with Gasteiger partial charge in [0.25, 0.3) is 0 Å². The Morgan fingerprint density at radius 1 is 1.32 bits per heavy atom. The number of alkyl halides is 3. The average molecular weight is 277 g/mol. The molecular formula is C11H18F3N5. The molecule has 1 rings (SSSR count). The van der Waals surface area contributed by atoms with Gasteiger partial charge in [-0.15, -0.1) is 0 Å². The fraction of sp³-hybridized carbons (Fsp3) is 0.636. The lowest BCUT2D eigenvalue weighted by Crippen LogP contribution is -2.37. The average Bonchev–Trinajstić information content (AvgIpc) is 2.68. The van der Waals surface area contributed by atoms with Crippen LogP contribution in [0.3, 0.4) is 0 Å². The molecule has 0 amide bonds. The minimum atomic E-state index is -4.46. The van der Waals surface area contributed by atoms with Crippen molar-refractivity contribution in [2.24, 2.45) is 12.0 Å². The van der Waals surface area contributed by atoms with Crippen molar-refractivity contribution in [2.75, 3.05) is 13.1 Å². The van der Waals surface area contributed by atoms with Gasteiger partial charge in [0.15, 0.2) is 11.7 Å². The van der Waals surface area contributed by atoms with E-state index in [1.807, 2.05) is 13.8 Å². The van der Waals surface area contributed by atoms with Gasteiger partial charge in [-0.05, 0) is 13.8 Å². The number of rotatable bonds is 4. The first-order chi connectivity index (χ1) is 8.88. The van der Waals surface area contributed by atoms with Gasteiger partial charge >= 0.3 is 6.18 Å². The summed E-state index contributed by atoms with van der Waals surface area (Å²) in [5.74, 6) is 0.488. The highest BCUT2D eigenvalue weighted by Crippen LogP contribution is 2.30. The Bertz CT molecular complexity index is 428. The van der Waals surface area contributed by atoms with Crippen molar-refractivity contribution in [1.82, 2.24) is 20.4 Å².